The van der Waals surface area contributed by atoms with Crippen molar-refractivity contribution in [2.45, 2.75) is 39.0 Å². The molecule has 0 amide bonds. The zero-order valence-electron chi connectivity index (χ0n) is 10.2. The van der Waals surface area contributed by atoms with Gasteiger partial charge in [-0.3, -0.25) is 0 Å². The third-order valence-electron chi connectivity index (χ3n) is 3.32. The van der Waals surface area contributed by atoms with E-state index in [4.69, 9.17) is 14.9 Å². The van der Waals surface area contributed by atoms with Gasteiger partial charge in [-0.15, -0.1) is 0 Å². The van der Waals surface area contributed by atoms with Crippen LogP contribution < -0.4 is 5.73 Å². The number of nitrogens with zero attached hydrogens (tertiary/aromatic N) is 1. The number of nitrogen functional groups attached to an aromatic ring is 1. The van der Waals surface area contributed by atoms with E-state index in [1.807, 2.05) is 0 Å². The van der Waals surface area contributed by atoms with Crippen molar-refractivity contribution in [3.05, 3.63) is 11.6 Å². The lowest BCUT2D eigenvalue weighted by Crippen LogP contribution is -2.08. The summed E-state index contributed by atoms with van der Waals surface area (Å²) < 4.78 is 10.3. The maximum absolute atomic E-state index is 11.6. The molecule has 17 heavy (non-hydrogen) atoms. The lowest BCUT2D eigenvalue weighted by molar-refractivity contribution is 0.0521. The quantitative estimate of drug-likeness (QED) is 0.817. The van der Waals surface area contributed by atoms with E-state index in [-0.39, 0.29) is 17.5 Å². The highest BCUT2D eigenvalue weighted by Crippen LogP contribution is 2.39. The molecule has 0 aromatic carbocycles. The monoisotopic (exact) mass is 238 g/mol. The van der Waals surface area contributed by atoms with Crippen LogP contribution in [0.5, 0.6) is 0 Å². The Morgan fingerprint density at radius 3 is 2.94 bits per heavy atom. The number of carbonyl (C=O) groups excluding carboxylic acids is 1. The van der Waals surface area contributed by atoms with Crippen molar-refractivity contribution in [1.82, 2.24) is 4.98 Å². The summed E-state index contributed by atoms with van der Waals surface area (Å²) in [5.74, 6) is 0.947. The van der Waals surface area contributed by atoms with Gasteiger partial charge in [0.15, 0.2) is 0 Å². The molecule has 2 atom stereocenters. The third-order valence-corrected chi connectivity index (χ3v) is 3.32. The summed E-state index contributed by atoms with van der Waals surface area (Å²) in [6.45, 7) is 4.22. The van der Waals surface area contributed by atoms with Crippen LogP contribution in [-0.2, 0) is 4.74 Å². The van der Waals surface area contributed by atoms with E-state index in [0.29, 0.717) is 18.4 Å². The number of hydrogen-bond acceptors (Lipinski definition) is 5. The van der Waals surface area contributed by atoms with Gasteiger partial charge in [-0.25, -0.2) is 9.78 Å². The number of ether oxygens (including phenoxy) is 1. The van der Waals surface area contributed by atoms with Crippen LogP contribution in [-0.4, -0.2) is 17.6 Å². The number of esters is 1. The molecule has 5 nitrogen and oxygen atoms in total. The van der Waals surface area contributed by atoms with Crippen LogP contribution in [0.2, 0.25) is 0 Å². The standard InChI is InChI=1S/C12H18N2O3/c1-3-16-12(15)9-10(13)17-11(14-9)8-6-4-5-7(8)2/h7-8H,3-6,13H2,1-2H3. The molecule has 1 aromatic heterocycles. The number of aromatic nitrogens is 1. The number of nitrogens with two attached hydrogens (primary N) is 1. The Kier molecular flexibility index (Phi) is 3.36. The van der Waals surface area contributed by atoms with Gasteiger partial charge in [-0.05, 0) is 25.7 Å². The van der Waals surface area contributed by atoms with E-state index in [1.54, 1.807) is 6.92 Å². The zero-order valence-corrected chi connectivity index (χ0v) is 10.2. The molecule has 94 valence electrons. The van der Waals surface area contributed by atoms with Gasteiger partial charge in [0, 0.05) is 5.92 Å². The highest BCUT2D eigenvalue weighted by molar-refractivity contribution is 5.91. The van der Waals surface area contributed by atoms with Crippen molar-refractivity contribution >= 4 is 11.9 Å². The summed E-state index contributed by atoms with van der Waals surface area (Å²) in [6.07, 6.45) is 3.38. The Morgan fingerprint density at radius 2 is 2.35 bits per heavy atom. The van der Waals surface area contributed by atoms with Crippen LogP contribution in [0.3, 0.4) is 0 Å². The average Bonchev–Trinajstić information content (AvgIpc) is 2.84. The first kappa shape index (κ1) is 12.0. The van der Waals surface area contributed by atoms with Crippen molar-refractivity contribution in [2.24, 2.45) is 5.92 Å². The SMILES string of the molecule is CCOC(=O)c1nc(C2CCCC2C)oc1N. The predicted molar refractivity (Wildman–Crippen MR) is 62.6 cm³/mol. The van der Waals surface area contributed by atoms with Crippen molar-refractivity contribution in [2.75, 3.05) is 12.3 Å². The first-order chi connectivity index (χ1) is 8.13. The first-order valence-electron chi connectivity index (χ1n) is 6.06. The fourth-order valence-electron chi connectivity index (χ4n) is 2.37. The molecular formula is C12H18N2O3. The van der Waals surface area contributed by atoms with Gasteiger partial charge in [-0.1, -0.05) is 13.3 Å². The normalized spacial score (nSPS) is 23.9. The summed E-state index contributed by atoms with van der Waals surface area (Å²) in [7, 11) is 0. The second-order valence-electron chi connectivity index (χ2n) is 4.50. The van der Waals surface area contributed by atoms with E-state index in [2.05, 4.69) is 11.9 Å². The molecule has 1 aromatic rings. The van der Waals surface area contributed by atoms with Crippen LogP contribution in [0.4, 0.5) is 5.88 Å². The van der Waals surface area contributed by atoms with Crippen LogP contribution in [0.1, 0.15) is 55.4 Å². The molecule has 0 spiro atoms. The van der Waals surface area contributed by atoms with E-state index in [1.165, 1.54) is 12.8 Å². The third kappa shape index (κ3) is 2.28. The maximum Gasteiger partial charge on any atom is 0.362 e. The lowest BCUT2D eigenvalue weighted by atomic mass is 9.98. The fraction of sp³-hybridized carbons (Fsp3) is 0.667. The molecule has 0 radical (unpaired) electrons. The molecule has 1 aliphatic carbocycles. The largest absolute Gasteiger partial charge is 0.461 e. The molecule has 2 unspecified atom stereocenters. The number of anilines is 1. The van der Waals surface area contributed by atoms with Gasteiger partial charge in [-0.2, -0.15) is 0 Å². The van der Waals surface area contributed by atoms with Crippen LogP contribution in [0.15, 0.2) is 4.42 Å². The highest BCUT2D eigenvalue weighted by atomic mass is 16.5. The van der Waals surface area contributed by atoms with E-state index in [9.17, 15) is 4.79 Å². The smallest absolute Gasteiger partial charge is 0.362 e. The van der Waals surface area contributed by atoms with Crippen molar-refractivity contribution in [3.8, 4) is 0 Å². The van der Waals surface area contributed by atoms with Crippen LogP contribution in [0.25, 0.3) is 0 Å². The number of rotatable bonds is 3. The second kappa shape index (κ2) is 4.77. The number of hydrogen-bond donors (Lipinski definition) is 1. The van der Waals surface area contributed by atoms with E-state index in [0.717, 1.165) is 6.42 Å². The molecule has 0 aliphatic heterocycles. The molecule has 1 saturated carbocycles. The van der Waals surface area contributed by atoms with E-state index >= 15 is 0 Å². The van der Waals surface area contributed by atoms with E-state index < -0.39 is 5.97 Å². The van der Waals surface area contributed by atoms with Gasteiger partial charge in [0.05, 0.1) is 6.61 Å². The van der Waals surface area contributed by atoms with Gasteiger partial charge < -0.3 is 14.9 Å². The summed E-state index contributed by atoms with van der Waals surface area (Å²) in [5, 5.41) is 0. The van der Waals surface area contributed by atoms with Crippen molar-refractivity contribution in [3.63, 3.8) is 0 Å². The number of carbonyl (C=O) groups is 1. The Bertz CT molecular complexity index is 414. The molecule has 2 N–H and O–H groups in total. The van der Waals surface area contributed by atoms with Crippen LogP contribution >= 0.6 is 0 Å². The molecular weight excluding hydrogens is 220 g/mol. The summed E-state index contributed by atoms with van der Waals surface area (Å²) >= 11 is 0. The average molecular weight is 238 g/mol. The van der Waals surface area contributed by atoms with Crippen molar-refractivity contribution in [1.29, 1.82) is 0 Å². The van der Waals surface area contributed by atoms with Gasteiger partial charge in [0.25, 0.3) is 0 Å². The lowest BCUT2D eigenvalue weighted by Gasteiger charge is -2.09. The Labute approximate surface area is 100 Å². The highest BCUT2D eigenvalue weighted by Gasteiger charge is 2.31. The Morgan fingerprint density at radius 1 is 1.59 bits per heavy atom. The Balaban J connectivity index is 2.21. The summed E-state index contributed by atoms with van der Waals surface area (Å²) in [6, 6.07) is 0. The molecule has 0 bridgehead atoms. The minimum absolute atomic E-state index is 0.0672. The Hall–Kier alpha value is -1.52. The van der Waals surface area contributed by atoms with Gasteiger partial charge in [0.1, 0.15) is 0 Å². The first-order valence-corrected chi connectivity index (χ1v) is 6.06. The molecule has 5 heteroatoms. The maximum atomic E-state index is 11.6. The van der Waals surface area contributed by atoms with Gasteiger partial charge >= 0.3 is 5.97 Å². The molecule has 1 heterocycles. The predicted octanol–water partition coefficient (Wildman–Crippen LogP) is 2.34. The molecule has 0 saturated heterocycles. The zero-order chi connectivity index (χ0) is 12.4. The molecule has 1 aliphatic rings. The fourth-order valence-corrected chi connectivity index (χ4v) is 2.37. The van der Waals surface area contributed by atoms with Crippen molar-refractivity contribution < 1.29 is 13.9 Å². The number of oxazole rings is 1. The minimum atomic E-state index is -0.509. The topological polar surface area (TPSA) is 78.3 Å². The summed E-state index contributed by atoms with van der Waals surface area (Å²) in [5.41, 5.74) is 5.77. The minimum Gasteiger partial charge on any atom is -0.461 e. The van der Waals surface area contributed by atoms with Gasteiger partial charge in [0.2, 0.25) is 17.5 Å². The van der Waals surface area contributed by atoms with Crippen LogP contribution in [0, 0.1) is 5.92 Å². The summed E-state index contributed by atoms with van der Waals surface area (Å²) in [4.78, 5) is 15.7. The molecule has 2 rings (SSSR count). The second-order valence-corrected chi connectivity index (χ2v) is 4.50. The molecule has 1 fully saturated rings.